The van der Waals surface area contributed by atoms with Crippen molar-refractivity contribution in [2.24, 2.45) is 11.8 Å². The monoisotopic (exact) mass is 306 g/mol. The highest BCUT2D eigenvalue weighted by Crippen LogP contribution is 2.17. The normalized spacial score (nSPS) is 19.4. The first-order valence-corrected chi connectivity index (χ1v) is 9.38. The summed E-state index contributed by atoms with van der Waals surface area (Å²) in [7, 11) is -3.21. The third kappa shape index (κ3) is 7.02. The van der Waals surface area contributed by atoms with Gasteiger partial charge < -0.3 is 10.1 Å². The van der Waals surface area contributed by atoms with E-state index in [1.807, 2.05) is 20.8 Å². The van der Waals surface area contributed by atoms with Crippen LogP contribution in [0.3, 0.4) is 0 Å². The summed E-state index contributed by atoms with van der Waals surface area (Å²) in [4.78, 5) is 0. The fraction of sp³-hybridized carbons (Fsp3) is 1.00. The number of rotatable bonds is 9. The summed E-state index contributed by atoms with van der Waals surface area (Å²) >= 11 is 0. The molecule has 6 heteroatoms. The van der Waals surface area contributed by atoms with Crippen LogP contribution in [0.1, 0.15) is 40.0 Å². The Morgan fingerprint density at radius 3 is 2.50 bits per heavy atom. The molecule has 5 nitrogen and oxygen atoms in total. The van der Waals surface area contributed by atoms with Gasteiger partial charge in [-0.2, -0.15) is 0 Å². The zero-order chi connectivity index (χ0) is 15.0. The van der Waals surface area contributed by atoms with Gasteiger partial charge in [-0.1, -0.05) is 13.8 Å². The molecule has 1 aliphatic rings. The van der Waals surface area contributed by atoms with Crippen LogP contribution in [0.25, 0.3) is 0 Å². The van der Waals surface area contributed by atoms with Crippen molar-refractivity contribution in [1.82, 2.24) is 10.0 Å². The Hall–Kier alpha value is -0.170. The fourth-order valence-corrected chi connectivity index (χ4v) is 3.95. The van der Waals surface area contributed by atoms with Crippen molar-refractivity contribution in [3.8, 4) is 0 Å². The Balaban J connectivity index is 2.41. The molecule has 0 amide bonds. The van der Waals surface area contributed by atoms with Gasteiger partial charge in [0, 0.05) is 12.6 Å². The van der Waals surface area contributed by atoms with Gasteiger partial charge in [-0.15, -0.1) is 0 Å². The van der Waals surface area contributed by atoms with Crippen molar-refractivity contribution in [3.63, 3.8) is 0 Å². The predicted molar refractivity (Wildman–Crippen MR) is 82.3 cm³/mol. The SMILES string of the molecule is CCOCC(NS(=O)(=O)CCC1CCNCC1)C(C)C. The first-order chi connectivity index (χ1) is 9.44. The Morgan fingerprint density at radius 1 is 1.30 bits per heavy atom. The van der Waals surface area contributed by atoms with Crippen molar-refractivity contribution in [2.45, 2.75) is 46.1 Å². The lowest BCUT2D eigenvalue weighted by Gasteiger charge is -2.24. The standard InChI is InChI=1S/C14H30N2O3S/c1-4-19-11-14(12(2)3)16-20(17,18)10-7-13-5-8-15-9-6-13/h12-16H,4-11H2,1-3H3. The minimum absolute atomic E-state index is 0.132. The van der Waals surface area contributed by atoms with Crippen LogP contribution in [-0.2, 0) is 14.8 Å². The maximum Gasteiger partial charge on any atom is 0.211 e. The summed E-state index contributed by atoms with van der Waals surface area (Å²) in [5, 5.41) is 3.30. The smallest absolute Gasteiger partial charge is 0.211 e. The van der Waals surface area contributed by atoms with Gasteiger partial charge in [0.25, 0.3) is 0 Å². The summed E-state index contributed by atoms with van der Waals surface area (Å²) in [5.41, 5.74) is 0. The van der Waals surface area contributed by atoms with Crippen molar-refractivity contribution >= 4 is 10.0 Å². The first kappa shape index (κ1) is 17.9. The van der Waals surface area contributed by atoms with Crippen LogP contribution in [0.4, 0.5) is 0 Å². The topological polar surface area (TPSA) is 67.4 Å². The maximum atomic E-state index is 12.2. The molecule has 1 aliphatic heterocycles. The molecule has 1 saturated heterocycles. The molecule has 0 aromatic carbocycles. The Labute approximate surface area is 123 Å². The molecule has 0 aliphatic carbocycles. The molecular formula is C14H30N2O3S. The lowest BCUT2D eigenvalue weighted by Crippen LogP contribution is -2.43. The van der Waals surface area contributed by atoms with E-state index in [1.54, 1.807) is 0 Å². The van der Waals surface area contributed by atoms with Gasteiger partial charge in [0.1, 0.15) is 0 Å². The maximum absolute atomic E-state index is 12.2. The second-order valence-corrected chi connectivity index (χ2v) is 7.80. The van der Waals surface area contributed by atoms with Crippen LogP contribution < -0.4 is 10.0 Å². The van der Waals surface area contributed by atoms with E-state index < -0.39 is 10.0 Å². The molecule has 1 unspecified atom stereocenters. The van der Waals surface area contributed by atoms with E-state index >= 15 is 0 Å². The number of hydrogen-bond donors (Lipinski definition) is 2. The fourth-order valence-electron chi connectivity index (χ4n) is 2.39. The van der Waals surface area contributed by atoms with E-state index in [0.29, 0.717) is 19.1 Å². The van der Waals surface area contributed by atoms with Crippen LogP contribution in [0, 0.1) is 11.8 Å². The molecule has 0 bridgehead atoms. The van der Waals surface area contributed by atoms with E-state index in [2.05, 4.69) is 10.0 Å². The highest BCUT2D eigenvalue weighted by molar-refractivity contribution is 7.89. The summed E-state index contributed by atoms with van der Waals surface area (Å²) in [6.45, 7) is 9.02. The molecule has 1 fully saturated rings. The minimum Gasteiger partial charge on any atom is -0.380 e. The van der Waals surface area contributed by atoms with Crippen molar-refractivity contribution in [1.29, 1.82) is 0 Å². The van der Waals surface area contributed by atoms with Gasteiger partial charge in [0.15, 0.2) is 0 Å². The van der Waals surface area contributed by atoms with Crippen LogP contribution in [0.2, 0.25) is 0 Å². The van der Waals surface area contributed by atoms with Gasteiger partial charge in [0.2, 0.25) is 10.0 Å². The van der Waals surface area contributed by atoms with E-state index in [9.17, 15) is 8.42 Å². The largest absolute Gasteiger partial charge is 0.380 e. The summed E-state index contributed by atoms with van der Waals surface area (Å²) in [6.07, 6.45) is 2.93. The Bertz CT molecular complexity index is 351. The second-order valence-electron chi connectivity index (χ2n) is 5.93. The number of ether oxygens (including phenoxy) is 1. The van der Waals surface area contributed by atoms with Gasteiger partial charge in [-0.05, 0) is 51.1 Å². The molecule has 20 heavy (non-hydrogen) atoms. The molecule has 1 heterocycles. The average Bonchev–Trinajstić information content (AvgIpc) is 2.42. The lowest BCUT2D eigenvalue weighted by molar-refractivity contribution is 0.116. The van der Waals surface area contributed by atoms with Gasteiger partial charge in [0.05, 0.1) is 12.4 Å². The average molecular weight is 306 g/mol. The molecule has 1 atom stereocenters. The molecule has 0 aromatic heterocycles. The number of sulfonamides is 1. The number of piperidine rings is 1. The summed E-state index contributed by atoms with van der Waals surface area (Å²) in [6, 6.07) is -0.132. The molecule has 0 spiro atoms. The predicted octanol–water partition coefficient (Wildman–Crippen LogP) is 1.36. The van der Waals surface area contributed by atoms with Crippen molar-refractivity contribution < 1.29 is 13.2 Å². The lowest BCUT2D eigenvalue weighted by atomic mass is 9.96. The molecule has 1 rings (SSSR count). The van der Waals surface area contributed by atoms with Gasteiger partial charge in [-0.25, -0.2) is 13.1 Å². The quantitative estimate of drug-likeness (QED) is 0.675. The number of hydrogen-bond acceptors (Lipinski definition) is 4. The Kier molecular flexibility index (Phi) is 8.02. The van der Waals surface area contributed by atoms with Crippen molar-refractivity contribution in [3.05, 3.63) is 0 Å². The zero-order valence-electron chi connectivity index (χ0n) is 13.0. The van der Waals surface area contributed by atoms with E-state index in [-0.39, 0.29) is 17.7 Å². The van der Waals surface area contributed by atoms with Crippen molar-refractivity contribution in [2.75, 3.05) is 32.1 Å². The van der Waals surface area contributed by atoms with E-state index in [0.717, 1.165) is 32.4 Å². The zero-order valence-corrected chi connectivity index (χ0v) is 13.8. The molecule has 0 saturated carbocycles. The second kappa shape index (κ2) is 8.97. The molecule has 120 valence electrons. The molecule has 0 aromatic rings. The first-order valence-electron chi connectivity index (χ1n) is 7.73. The van der Waals surface area contributed by atoms with Gasteiger partial charge >= 0.3 is 0 Å². The van der Waals surface area contributed by atoms with Crippen LogP contribution in [0.15, 0.2) is 0 Å². The third-order valence-corrected chi connectivity index (χ3v) is 5.33. The van der Waals surface area contributed by atoms with Crippen LogP contribution >= 0.6 is 0 Å². The van der Waals surface area contributed by atoms with E-state index in [1.165, 1.54) is 0 Å². The minimum atomic E-state index is -3.21. The molecular weight excluding hydrogens is 276 g/mol. The van der Waals surface area contributed by atoms with Crippen LogP contribution in [-0.4, -0.2) is 46.5 Å². The van der Waals surface area contributed by atoms with Gasteiger partial charge in [-0.3, -0.25) is 0 Å². The molecule has 0 radical (unpaired) electrons. The highest BCUT2D eigenvalue weighted by atomic mass is 32.2. The highest BCUT2D eigenvalue weighted by Gasteiger charge is 2.22. The molecule has 2 N–H and O–H groups in total. The van der Waals surface area contributed by atoms with Crippen LogP contribution in [0.5, 0.6) is 0 Å². The third-order valence-electron chi connectivity index (χ3n) is 3.89. The Morgan fingerprint density at radius 2 is 1.95 bits per heavy atom. The number of nitrogens with one attached hydrogen (secondary N) is 2. The summed E-state index contributed by atoms with van der Waals surface area (Å²) < 4.78 is 32.5. The summed E-state index contributed by atoms with van der Waals surface area (Å²) in [5.74, 6) is 1.000. The van der Waals surface area contributed by atoms with E-state index in [4.69, 9.17) is 4.74 Å².